The number of carbonyl (C=O) groups excluding carboxylic acids is 1. The summed E-state index contributed by atoms with van der Waals surface area (Å²) in [5, 5.41) is 3.29. The average molecular weight is 170 g/mol. The van der Waals surface area contributed by atoms with Crippen molar-refractivity contribution in [3.63, 3.8) is 0 Å². The molecule has 1 aliphatic heterocycles. The van der Waals surface area contributed by atoms with E-state index >= 15 is 0 Å². The summed E-state index contributed by atoms with van der Waals surface area (Å²) in [4.78, 5) is 13.4. The van der Waals surface area contributed by atoms with Crippen molar-refractivity contribution in [1.82, 2.24) is 10.2 Å². The molecule has 1 N–H and O–H groups in total. The summed E-state index contributed by atoms with van der Waals surface area (Å²) in [5.41, 5.74) is 0. The first-order valence-corrected chi connectivity index (χ1v) is 4.77. The summed E-state index contributed by atoms with van der Waals surface area (Å²) in [5.74, 6) is 0.383. The van der Waals surface area contributed by atoms with E-state index in [4.69, 9.17) is 0 Å². The molecule has 3 nitrogen and oxygen atoms in total. The largest absolute Gasteiger partial charge is 0.314 e. The molecule has 0 aromatic carbocycles. The molecule has 3 heteroatoms. The van der Waals surface area contributed by atoms with Gasteiger partial charge in [-0.2, -0.15) is 0 Å². The molecular weight excluding hydrogens is 152 g/mol. The summed E-state index contributed by atoms with van der Waals surface area (Å²) >= 11 is 0. The Morgan fingerprint density at radius 3 is 2.67 bits per heavy atom. The van der Waals surface area contributed by atoms with Crippen molar-refractivity contribution in [2.45, 2.75) is 19.8 Å². The van der Waals surface area contributed by atoms with Crippen molar-refractivity contribution in [2.75, 3.05) is 32.7 Å². The van der Waals surface area contributed by atoms with Gasteiger partial charge in [-0.05, 0) is 0 Å². The van der Waals surface area contributed by atoms with Gasteiger partial charge in [0.25, 0.3) is 0 Å². The van der Waals surface area contributed by atoms with Gasteiger partial charge in [0.1, 0.15) is 5.78 Å². The average Bonchev–Trinajstić information content (AvgIpc) is 2.16. The monoisotopic (exact) mass is 170 g/mol. The number of hydrogen-bond donors (Lipinski definition) is 1. The standard InChI is InChI=1S/C9H18N2O/c1-2-9(12)3-6-11-7-4-10-5-8-11/h10H,2-8H2,1H3. The van der Waals surface area contributed by atoms with Crippen molar-refractivity contribution in [3.8, 4) is 0 Å². The van der Waals surface area contributed by atoms with Gasteiger partial charge in [-0.15, -0.1) is 0 Å². The molecule has 0 aromatic heterocycles. The van der Waals surface area contributed by atoms with Gasteiger partial charge in [-0.1, -0.05) is 6.92 Å². The highest BCUT2D eigenvalue weighted by atomic mass is 16.1. The third-order valence-corrected chi connectivity index (χ3v) is 2.31. The molecule has 70 valence electrons. The Morgan fingerprint density at radius 1 is 1.42 bits per heavy atom. The van der Waals surface area contributed by atoms with Crippen molar-refractivity contribution in [1.29, 1.82) is 0 Å². The van der Waals surface area contributed by atoms with Crippen LogP contribution < -0.4 is 5.32 Å². The number of Topliss-reactive ketones (excluding diaryl/α,β-unsaturated/α-hetero) is 1. The lowest BCUT2D eigenvalue weighted by Gasteiger charge is -2.26. The van der Waals surface area contributed by atoms with E-state index in [1.165, 1.54) is 0 Å². The van der Waals surface area contributed by atoms with Crippen LogP contribution >= 0.6 is 0 Å². The van der Waals surface area contributed by atoms with Crippen LogP contribution in [0.4, 0.5) is 0 Å². The number of ketones is 1. The Kier molecular flexibility index (Phi) is 4.25. The molecule has 1 heterocycles. The van der Waals surface area contributed by atoms with Crippen molar-refractivity contribution in [3.05, 3.63) is 0 Å². The van der Waals surface area contributed by atoms with Crippen LogP contribution in [0.15, 0.2) is 0 Å². The molecule has 0 saturated carbocycles. The predicted molar refractivity (Wildman–Crippen MR) is 49.2 cm³/mol. The van der Waals surface area contributed by atoms with Crippen LogP contribution in [0.5, 0.6) is 0 Å². The normalized spacial score (nSPS) is 19.4. The minimum absolute atomic E-state index is 0.383. The maximum atomic E-state index is 11.0. The third-order valence-electron chi connectivity index (χ3n) is 2.31. The first-order valence-electron chi connectivity index (χ1n) is 4.77. The van der Waals surface area contributed by atoms with Gasteiger partial charge in [0.15, 0.2) is 0 Å². The lowest BCUT2D eigenvalue weighted by molar-refractivity contribution is -0.119. The molecule has 0 unspecified atom stereocenters. The van der Waals surface area contributed by atoms with Crippen LogP contribution in [0.3, 0.4) is 0 Å². The van der Waals surface area contributed by atoms with E-state index in [0.717, 1.165) is 39.1 Å². The van der Waals surface area contributed by atoms with E-state index in [1.54, 1.807) is 0 Å². The number of nitrogens with zero attached hydrogens (tertiary/aromatic N) is 1. The Morgan fingerprint density at radius 2 is 2.08 bits per heavy atom. The van der Waals surface area contributed by atoms with Crippen LogP contribution in [0.1, 0.15) is 19.8 Å². The lowest BCUT2D eigenvalue weighted by atomic mass is 10.2. The van der Waals surface area contributed by atoms with E-state index in [2.05, 4.69) is 10.2 Å². The molecule has 1 fully saturated rings. The van der Waals surface area contributed by atoms with E-state index < -0.39 is 0 Å². The Hall–Kier alpha value is -0.410. The van der Waals surface area contributed by atoms with Crippen molar-refractivity contribution >= 4 is 5.78 Å². The van der Waals surface area contributed by atoms with Crippen LogP contribution in [-0.2, 0) is 4.79 Å². The zero-order valence-corrected chi connectivity index (χ0v) is 7.81. The Balaban J connectivity index is 2.09. The minimum Gasteiger partial charge on any atom is -0.314 e. The third kappa shape index (κ3) is 3.32. The smallest absolute Gasteiger partial charge is 0.133 e. The number of rotatable bonds is 4. The highest BCUT2D eigenvalue weighted by Gasteiger charge is 2.09. The summed E-state index contributed by atoms with van der Waals surface area (Å²) in [6.07, 6.45) is 1.42. The van der Waals surface area contributed by atoms with Gasteiger partial charge in [0.2, 0.25) is 0 Å². The maximum absolute atomic E-state index is 11.0. The summed E-state index contributed by atoms with van der Waals surface area (Å²) in [7, 11) is 0. The van der Waals surface area contributed by atoms with E-state index in [1.807, 2.05) is 6.92 Å². The van der Waals surface area contributed by atoms with Crippen LogP contribution in [0.2, 0.25) is 0 Å². The first kappa shape index (κ1) is 9.68. The molecule has 0 aliphatic carbocycles. The van der Waals surface area contributed by atoms with Gasteiger partial charge in [-0.3, -0.25) is 4.79 Å². The van der Waals surface area contributed by atoms with Crippen molar-refractivity contribution < 1.29 is 4.79 Å². The highest BCUT2D eigenvalue weighted by Crippen LogP contribution is 1.96. The number of piperazine rings is 1. The predicted octanol–water partition coefficient (Wildman–Crippen LogP) is 0.261. The quantitative estimate of drug-likeness (QED) is 0.657. The summed E-state index contributed by atoms with van der Waals surface area (Å²) in [6.45, 7) is 7.21. The maximum Gasteiger partial charge on any atom is 0.133 e. The number of carbonyl (C=O) groups is 1. The molecule has 1 rings (SSSR count). The topological polar surface area (TPSA) is 32.3 Å². The highest BCUT2D eigenvalue weighted by molar-refractivity contribution is 5.78. The van der Waals surface area contributed by atoms with E-state index in [-0.39, 0.29) is 0 Å². The fourth-order valence-corrected chi connectivity index (χ4v) is 1.39. The van der Waals surface area contributed by atoms with Gasteiger partial charge in [0.05, 0.1) is 0 Å². The second-order valence-corrected chi connectivity index (χ2v) is 3.23. The lowest BCUT2D eigenvalue weighted by Crippen LogP contribution is -2.44. The molecule has 0 aromatic rings. The van der Waals surface area contributed by atoms with Crippen LogP contribution in [0.25, 0.3) is 0 Å². The SMILES string of the molecule is CCC(=O)CCN1CCNCC1. The Labute approximate surface area is 74.1 Å². The molecule has 0 spiro atoms. The van der Waals surface area contributed by atoms with Gasteiger partial charge in [-0.25, -0.2) is 0 Å². The first-order chi connectivity index (χ1) is 5.83. The fraction of sp³-hybridized carbons (Fsp3) is 0.889. The minimum atomic E-state index is 0.383. The van der Waals surface area contributed by atoms with Crippen molar-refractivity contribution in [2.24, 2.45) is 0 Å². The summed E-state index contributed by atoms with van der Waals surface area (Å²) < 4.78 is 0. The second-order valence-electron chi connectivity index (χ2n) is 3.23. The molecule has 1 aliphatic rings. The van der Waals surface area contributed by atoms with Gasteiger partial charge in [0, 0.05) is 45.6 Å². The zero-order valence-electron chi connectivity index (χ0n) is 7.81. The molecule has 0 amide bonds. The molecule has 1 saturated heterocycles. The van der Waals surface area contributed by atoms with E-state index in [0.29, 0.717) is 12.2 Å². The molecule has 0 radical (unpaired) electrons. The molecule has 0 bridgehead atoms. The van der Waals surface area contributed by atoms with E-state index in [9.17, 15) is 4.79 Å². The summed E-state index contributed by atoms with van der Waals surface area (Å²) in [6, 6.07) is 0. The zero-order chi connectivity index (χ0) is 8.81. The van der Waals surface area contributed by atoms with Crippen LogP contribution in [0, 0.1) is 0 Å². The number of nitrogens with one attached hydrogen (secondary N) is 1. The number of hydrogen-bond acceptors (Lipinski definition) is 3. The molecule has 0 atom stereocenters. The van der Waals surface area contributed by atoms with Gasteiger partial charge >= 0.3 is 0 Å². The Bertz CT molecular complexity index is 141. The molecule has 12 heavy (non-hydrogen) atoms. The second kappa shape index (κ2) is 5.27. The van der Waals surface area contributed by atoms with Gasteiger partial charge < -0.3 is 10.2 Å². The molecular formula is C9H18N2O. The fourth-order valence-electron chi connectivity index (χ4n) is 1.39. The van der Waals surface area contributed by atoms with Crippen LogP contribution in [-0.4, -0.2) is 43.4 Å².